The molecule has 0 saturated carbocycles. The molecule has 0 aliphatic heterocycles. The molecule has 0 aliphatic rings. The molecule has 5 nitrogen and oxygen atoms in total. The van der Waals surface area contributed by atoms with Crippen molar-refractivity contribution >= 4 is 27.5 Å². The molecular formula is C15H16N4OS. The molecule has 6 heteroatoms. The Labute approximate surface area is 126 Å². The van der Waals surface area contributed by atoms with Crippen LogP contribution in [0.3, 0.4) is 0 Å². The third kappa shape index (κ3) is 3.28. The van der Waals surface area contributed by atoms with Gasteiger partial charge in [0.15, 0.2) is 0 Å². The Hall–Kier alpha value is -2.21. The van der Waals surface area contributed by atoms with E-state index in [2.05, 4.69) is 15.3 Å². The number of benzene rings is 1. The number of rotatable bonds is 5. The molecule has 0 saturated heterocycles. The van der Waals surface area contributed by atoms with Crippen LogP contribution >= 0.6 is 11.3 Å². The van der Waals surface area contributed by atoms with E-state index in [1.807, 2.05) is 35.9 Å². The van der Waals surface area contributed by atoms with Crippen molar-refractivity contribution in [1.82, 2.24) is 19.9 Å². The third-order valence-corrected chi connectivity index (χ3v) is 4.15. The summed E-state index contributed by atoms with van der Waals surface area (Å²) in [5.41, 5.74) is 1.55. The quantitative estimate of drug-likeness (QED) is 0.737. The maximum absolute atomic E-state index is 12.1. The van der Waals surface area contributed by atoms with E-state index in [1.54, 1.807) is 23.9 Å². The highest BCUT2D eigenvalue weighted by Crippen LogP contribution is 2.22. The highest BCUT2D eigenvalue weighted by Gasteiger charge is 2.08. The summed E-state index contributed by atoms with van der Waals surface area (Å²) in [7, 11) is 0. The summed E-state index contributed by atoms with van der Waals surface area (Å²) in [5, 5.41) is 3.95. The topological polar surface area (TPSA) is 59.8 Å². The number of imidazole rings is 1. The Balaban J connectivity index is 1.56. The van der Waals surface area contributed by atoms with Gasteiger partial charge in [-0.05, 0) is 31.5 Å². The molecule has 0 fully saturated rings. The van der Waals surface area contributed by atoms with Gasteiger partial charge in [0.25, 0.3) is 5.91 Å². The Kier molecular flexibility index (Phi) is 3.96. The van der Waals surface area contributed by atoms with Crippen molar-refractivity contribution in [3.8, 4) is 0 Å². The normalized spacial score (nSPS) is 10.9. The van der Waals surface area contributed by atoms with E-state index >= 15 is 0 Å². The number of fused-ring (bicyclic) bond motifs is 1. The molecule has 0 atom stereocenters. The van der Waals surface area contributed by atoms with E-state index in [4.69, 9.17) is 0 Å². The van der Waals surface area contributed by atoms with Crippen molar-refractivity contribution in [2.24, 2.45) is 0 Å². The first-order valence-electron chi connectivity index (χ1n) is 6.83. The van der Waals surface area contributed by atoms with Crippen molar-refractivity contribution in [2.75, 3.05) is 6.54 Å². The van der Waals surface area contributed by atoms with E-state index in [1.165, 1.54) is 0 Å². The van der Waals surface area contributed by atoms with Gasteiger partial charge in [0.1, 0.15) is 0 Å². The molecule has 3 aromatic rings. The third-order valence-electron chi connectivity index (χ3n) is 3.19. The zero-order valence-corrected chi connectivity index (χ0v) is 12.6. The van der Waals surface area contributed by atoms with E-state index < -0.39 is 0 Å². The Bertz CT molecular complexity index is 748. The molecule has 1 N–H and O–H groups in total. The minimum atomic E-state index is -0.0480. The number of thiazole rings is 1. The highest BCUT2D eigenvalue weighted by atomic mass is 32.1. The smallest absolute Gasteiger partial charge is 0.251 e. The van der Waals surface area contributed by atoms with Gasteiger partial charge in [-0.25, -0.2) is 9.97 Å². The van der Waals surface area contributed by atoms with Crippen molar-refractivity contribution in [3.63, 3.8) is 0 Å². The molecule has 1 amide bonds. The van der Waals surface area contributed by atoms with E-state index in [0.29, 0.717) is 12.1 Å². The first-order valence-corrected chi connectivity index (χ1v) is 7.65. The largest absolute Gasteiger partial charge is 0.352 e. The summed E-state index contributed by atoms with van der Waals surface area (Å²) in [4.78, 5) is 20.5. The van der Waals surface area contributed by atoms with Crippen LogP contribution in [0.25, 0.3) is 10.2 Å². The lowest BCUT2D eigenvalue weighted by Crippen LogP contribution is -2.25. The molecule has 2 aromatic heterocycles. The lowest BCUT2D eigenvalue weighted by molar-refractivity contribution is 0.0953. The van der Waals surface area contributed by atoms with Crippen LogP contribution < -0.4 is 5.32 Å². The molecule has 0 radical (unpaired) electrons. The number of nitrogens with zero attached hydrogens (tertiary/aromatic N) is 3. The summed E-state index contributed by atoms with van der Waals surface area (Å²) in [6, 6.07) is 5.66. The zero-order valence-electron chi connectivity index (χ0n) is 11.7. The van der Waals surface area contributed by atoms with Gasteiger partial charge in [-0.3, -0.25) is 4.79 Å². The van der Waals surface area contributed by atoms with Gasteiger partial charge < -0.3 is 9.88 Å². The predicted molar refractivity (Wildman–Crippen MR) is 83.5 cm³/mol. The minimum Gasteiger partial charge on any atom is -0.352 e. The summed E-state index contributed by atoms with van der Waals surface area (Å²) in [6.07, 6.45) is 6.32. The Morgan fingerprint density at radius 1 is 1.43 bits per heavy atom. The maximum atomic E-state index is 12.1. The maximum Gasteiger partial charge on any atom is 0.251 e. The molecule has 0 aliphatic carbocycles. The van der Waals surface area contributed by atoms with Crippen LogP contribution in [0.2, 0.25) is 0 Å². The van der Waals surface area contributed by atoms with E-state index in [9.17, 15) is 4.79 Å². The molecule has 2 heterocycles. The number of carbonyl (C=O) groups is 1. The number of hydrogen-bond donors (Lipinski definition) is 1. The second kappa shape index (κ2) is 6.05. The van der Waals surface area contributed by atoms with Gasteiger partial charge in [-0.15, -0.1) is 11.3 Å². The fraction of sp³-hybridized carbons (Fsp3) is 0.267. The van der Waals surface area contributed by atoms with Gasteiger partial charge in [0.2, 0.25) is 0 Å². The van der Waals surface area contributed by atoms with Gasteiger partial charge >= 0.3 is 0 Å². The predicted octanol–water partition coefficient (Wildman–Crippen LogP) is 2.62. The van der Waals surface area contributed by atoms with Crippen LogP contribution in [0.4, 0.5) is 0 Å². The average Bonchev–Trinajstić information content (AvgIpc) is 3.10. The number of amides is 1. The molecule has 1 aromatic carbocycles. The average molecular weight is 300 g/mol. The van der Waals surface area contributed by atoms with Crippen LogP contribution in [0.5, 0.6) is 0 Å². The van der Waals surface area contributed by atoms with Crippen molar-refractivity contribution in [1.29, 1.82) is 0 Å². The van der Waals surface area contributed by atoms with E-state index in [-0.39, 0.29) is 5.91 Å². The van der Waals surface area contributed by atoms with Gasteiger partial charge in [-0.2, -0.15) is 0 Å². The van der Waals surface area contributed by atoms with Crippen LogP contribution in [-0.2, 0) is 6.54 Å². The van der Waals surface area contributed by atoms with Gasteiger partial charge in [0.05, 0.1) is 21.6 Å². The molecule has 108 valence electrons. The SMILES string of the molecule is Cc1nc2cc(C(=O)NCCCn3ccnc3)ccc2s1. The zero-order chi connectivity index (χ0) is 14.7. The summed E-state index contributed by atoms with van der Waals surface area (Å²) < 4.78 is 3.11. The van der Waals surface area contributed by atoms with Crippen LogP contribution in [0.1, 0.15) is 21.8 Å². The fourth-order valence-electron chi connectivity index (χ4n) is 2.17. The van der Waals surface area contributed by atoms with Crippen LogP contribution in [0.15, 0.2) is 36.9 Å². The molecule has 21 heavy (non-hydrogen) atoms. The van der Waals surface area contributed by atoms with Crippen molar-refractivity contribution in [2.45, 2.75) is 19.9 Å². The number of hydrogen-bond acceptors (Lipinski definition) is 4. The second-order valence-electron chi connectivity index (χ2n) is 4.83. The first kappa shape index (κ1) is 13.8. The lowest BCUT2D eigenvalue weighted by Gasteiger charge is -2.05. The highest BCUT2D eigenvalue weighted by molar-refractivity contribution is 7.18. The monoisotopic (exact) mass is 300 g/mol. The molecular weight excluding hydrogens is 284 g/mol. The van der Waals surface area contributed by atoms with Gasteiger partial charge in [0, 0.05) is 31.0 Å². The molecule has 0 spiro atoms. The van der Waals surface area contributed by atoms with Crippen LogP contribution in [-0.4, -0.2) is 27.0 Å². The standard InChI is InChI=1S/C15H16N4OS/c1-11-18-13-9-12(3-4-14(13)21-11)15(20)17-5-2-7-19-8-6-16-10-19/h3-4,6,8-10H,2,5,7H2,1H3,(H,17,20). The number of carbonyl (C=O) groups excluding carboxylic acids is 1. The van der Waals surface area contributed by atoms with Crippen LogP contribution in [0, 0.1) is 6.92 Å². The number of aryl methyl sites for hydroxylation is 2. The molecule has 0 unspecified atom stereocenters. The summed E-state index contributed by atoms with van der Waals surface area (Å²) >= 11 is 1.64. The van der Waals surface area contributed by atoms with Crippen molar-refractivity contribution in [3.05, 3.63) is 47.5 Å². The molecule has 3 rings (SSSR count). The van der Waals surface area contributed by atoms with E-state index in [0.717, 1.165) is 28.2 Å². The summed E-state index contributed by atoms with van der Waals surface area (Å²) in [5.74, 6) is -0.0480. The molecule has 0 bridgehead atoms. The van der Waals surface area contributed by atoms with Gasteiger partial charge in [-0.1, -0.05) is 0 Å². The number of nitrogens with one attached hydrogen (secondary N) is 1. The minimum absolute atomic E-state index is 0.0480. The van der Waals surface area contributed by atoms with Crippen molar-refractivity contribution < 1.29 is 4.79 Å². The Morgan fingerprint density at radius 3 is 3.14 bits per heavy atom. The summed E-state index contributed by atoms with van der Waals surface area (Å²) in [6.45, 7) is 3.47. The Morgan fingerprint density at radius 2 is 2.33 bits per heavy atom. The fourth-order valence-corrected chi connectivity index (χ4v) is 2.98. The lowest BCUT2D eigenvalue weighted by atomic mass is 10.2. The second-order valence-corrected chi connectivity index (χ2v) is 6.06. The number of aromatic nitrogens is 3. The first-order chi connectivity index (χ1) is 10.2.